The summed E-state index contributed by atoms with van der Waals surface area (Å²) in [6.07, 6.45) is 0. The van der Waals surface area contributed by atoms with E-state index >= 15 is 0 Å². The highest BCUT2D eigenvalue weighted by Crippen LogP contribution is 2.55. The van der Waals surface area contributed by atoms with Crippen molar-refractivity contribution in [1.29, 1.82) is 5.26 Å². The Hall–Kier alpha value is -7.53. The van der Waals surface area contributed by atoms with Crippen molar-refractivity contribution in [3.05, 3.63) is 193 Å². The number of nitrogens with zero attached hydrogens (tertiary/aromatic N) is 1. The molecule has 0 amide bonds. The molecule has 0 atom stereocenters. The van der Waals surface area contributed by atoms with Crippen LogP contribution in [0.2, 0.25) is 0 Å². The van der Waals surface area contributed by atoms with Crippen LogP contribution in [0.1, 0.15) is 16.7 Å². The first-order chi connectivity index (χ1) is 28.6. The van der Waals surface area contributed by atoms with Crippen molar-refractivity contribution in [2.45, 2.75) is 13.8 Å². The average Bonchev–Trinajstić information content (AvgIpc) is 3.77. The summed E-state index contributed by atoms with van der Waals surface area (Å²) >= 11 is 0. The van der Waals surface area contributed by atoms with Gasteiger partial charge in [0.15, 0.2) is 0 Å². The fourth-order valence-electron chi connectivity index (χ4n) is 10.4. The minimum Gasteiger partial charge on any atom is -0.192 e. The van der Waals surface area contributed by atoms with E-state index in [1.165, 1.54) is 109 Å². The van der Waals surface area contributed by atoms with E-state index in [4.69, 9.17) is 0 Å². The number of hydrogen-bond donors (Lipinski definition) is 0. The second-order valence-corrected chi connectivity index (χ2v) is 15.9. The lowest BCUT2D eigenvalue weighted by Crippen LogP contribution is -1.91. The van der Waals surface area contributed by atoms with Crippen LogP contribution < -0.4 is 0 Å². The smallest absolute Gasteiger partial charge is 0.0997 e. The van der Waals surface area contributed by atoms with E-state index in [2.05, 4.69) is 182 Å². The Kier molecular flexibility index (Phi) is 6.89. The van der Waals surface area contributed by atoms with Crippen LogP contribution in [0.25, 0.3) is 120 Å². The van der Waals surface area contributed by atoms with Crippen molar-refractivity contribution in [1.82, 2.24) is 0 Å². The van der Waals surface area contributed by atoms with Gasteiger partial charge in [-0.05, 0) is 157 Å². The molecule has 0 spiro atoms. The largest absolute Gasteiger partial charge is 0.192 e. The molecule has 58 heavy (non-hydrogen) atoms. The molecule has 0 aliphatic rings. The summed E-state index contributed by atoms with van der Waals surface area (Å²) in [5.41, 5.74) is 12.5. The number of rotatable bonds is 4. The molecule has 0 radical (unpaired) electrons. The van der Waals surface area contributed by atoms with Crippen LogP contribution in [-0.2, 0) is 0 Å². The zero-order chi connectivity index (χ0) is 38.6. The number of aryl methyl sites for hydroxylation is 2. The minimum absolute atomic E-state index is 0.760. The molecule has 0 heterocycles. The lowest BCUT2D eigenvalue weighted by Gasteiger charge is -2.19. The molecular formula is C57H35N. The van der Waals surface area contributed by atoms with Gasteiger partial charge in [0, 0.05) is 0 Å². The van der Waals surface area contributed by atoms with Gasteiger partial charge >= 0.3 is 0 Å². The zero-order valence-corrected chi connectivity index (χ0v) is 32.2. The topological polar surface area (TPSA) is 23.8 Å². The maximum absolute atomic E-state index is 9.75. The average molecular weight is 734 g/mol. The Labute approximate surface area is 336 Å². The molecule has 0 aliphatic carbocycles. The Morgan fingerprint density at radius 3 is 1.52 bits per heavy atom. The summed E-state index contributed by atoms with van der Waals surface area (Å²) in [5.74, 6) is 0. The van der Waals surface area contributed by atoms with E-state index in [0.29, 0.717) is 0 Å². The van der Waals surface area contributed by atoms with Crippen LogP contribution in [-0.4, -0.2) is 0 Å². The normalized spacial score (nSPS) is 11.9. The van der Waals surface area contributed by atoms with E-state index in [9.17, 15) is 5.26 Å². The standard InChI is InChI=1S/C57H35N/c1-33-28-39(29-34(2)50(33)32-58)37-18-11-19-38(30-37)40-26-27-47-53-43(40)22-12-25-46(53)57-52(36-16-7-4-8-17-36)55-45-24-13-23-44-41-20-9-10-21-42(41)48(54(44)45)31-49(55)51(56(47)57)35-14-5-3-6-15-35/h3-31H,1-2H3. The van der Waals surface area contributed by atoms with Crippen LogP contribution in [0.5, 0.6) is 0 Å². The van der Waals surface area contributed by atoms with E-state index in [1.54, 1.807) is 0 Å². The van der Waals surface area contributed by atoms with Crippen molar-refractivity contribution in [3.8, 4) is 50.6 Å². The summed E-state index contributed by atoms with van der Waals surface area (Å²) < 4.78 is 0. The lowest BCUT2D eigenvalue weighted by molar-refractivity contribution is 1.32. The van der Waals surface area contributed by atoms with Crippen LogP contribution in [0.4, 0.5) is 0 Å². The Balaban J connectivity index is 1.25. The molecule has 12 aromatic rings. The van der Waals surface area contributed by atoms with Crippen LogP contribution in [0.3, 0.4) is 0 Å². The van der Waals surface area contributed by atoms with Crippen LogP contribution >= 0.6 is 0 Å². The quantitative estimate of drug-likeness (QED) is 0.165. The molecule has 0 bridgehead atoms. The molecule has 1 heteroatoms. The fraction of sp³-hybridized carbons (Fsp3) is 0.0351. The van der Waals surface area contributed by atoms with E-state index in [0.717, 1.165) is 27.8 Å². The Bertz CT molecular complexity index is 3660. The van der Waals surface area contributed by atoms with Crippen molar-refractivity contribution in [2.75, 3.05) is 0 Å². The summed E-state index contributed by atoms with van der Waals surface area (Å²) in [5, 5.41) is 28.0. The predicted octanol–water partition coefficient (Wildman–Crippen LogP) is 15.8. The first kappa shape index (κ1) is 32.7. The molecule has 0 saturated carbocycles. The monoisotopic (exact) mass is 733 g/mol. The van der Waals surface area contributed by atoms with E-state index in [1.807, 2.05) is 13.8 Å². The molecule has 0 aliphatic heterocycles. The number of fused-ring (bicyclic) bond motifs is 8. The second kappa shape index (κ2) is 12.2. The third-order valence-corrected chi connectivity index (χ3v) is 12.8. The van der Waals surface area contributed by atoms with Gasteiger partial charge in [0.05, 0.1) is 11.6 Å². The van der Waals surface area contributed by atoms with E-state index in [-0.39, 0.29) is 0 Å². The molecular weight excluding hydrogens is 699 g/mol. The van der Waals surface area contributed by atoms with Gasteiger partial charge in [0.25, 0.3) is 0 Å². The molecule has 0 N–H and O–H groups in total. The number of nitriles is 1. The molecule has 1 nitrogen and oxygen atoms in total. The van der Waals surface area contributed by atoms with Crippen molar-refractivity contribution >= 4 is 75.4 Å². The molecule has 268 valence electrons. The van der Waals surface area contributed by atoms with Gasteiger partial charge in [0.1, 0.15) is 0 Å². The third kappa shape index (κ3) is 4.46. The van der Waals surface area contributed by atoms with Gasteiger partial charge < -0.3 is 0 Å². The van der Waals surface area contributed by atoms with Crippen LogP contribution in [0.15, 0.2) is 176 Å². The fourth-order valence-corrected chi connectivity index (χ4v) is 10.4. The summed E-state index contributed by atoms with van der Waals surface area (Å²) in [7, 11) is 0. The predicted molar refractivity (Wildman–Crippen MR) is 247 cm³/mol. The Morgan fingerprint density at radius 1 is 0.310 bits per heavy atom. The molecule has 0 aromatic heterocycles. The van der Waals surface area contributed by atoms with Gasteiger partial charge in [-0.3, -0.25) is 0 Å². The van der Waals surface area contributed by atoms with Gasteiger partial charge in [-0.1, -0.05) is 164 Å². The molecule has 12 aromatic carbocycles. The SMILES string of the molecule is Cc1cc(-c2cccc(-c3ccc4c5c(-c6ccccc6)c6cc7c8ccccc8c8cccc(c6c(-c6ccccc6)c5c5cccc3c45)c87)c2)cc(C)c1C#N. The molecule has 0 fully saturated rings. The molecule has 0 unspecified atom stereocenters. The van der Waals surface area contributed by atoms with E-state index < -0.39 is 0 Å². The maximum atomic E-state index is 9.75. The summed E-state index contributed by atoms with van der Waals surface area (Å²) in [6, 6.07) is 67.7. The highest BCUT2D eigenvalue weighted by molar-refractivity contribution is 6.45. The first-order valence-electron chi connectivity index (χ1n) is 20.1. The third-order valence-electron chi connectivity index (χ3n) is 12.8. The highest BCUT2D eigenvalue weighted by Gasteiger charge is 2.27. The van der Waals surface area contributed by atoms with Gasteiger partial charge in [-0.25, -0.2) is 0 Å². The van der Waals surface area contributed by atoms with Gasteiger partial charge in [0.2, 0.25) is 0 Å². The number of hydrogen-bond acceptors (Lipinski definition) is 1. The summed E-state index contributed by atoms with van der Waals surface area (Å²) in [4.78, 5) is 0. The van der Waals surface area contributed by atoms with Crippen molar-refractivity contribution in [3.63, 3.8) is 0 Å². The lowest BCUT2D eigenvalue weighted by atomic mass is 9.84. The maximum Gasteiger partial charge on any atom is 0.0997 e. The number of benzene rings is 10. The molecule has 0 saturated heterocycles. The Morgan fingerprint density at radius 2 is 0.810 bits per heavy atom. The second-order valence-electron chi connectivity index (χ2n) is 15.9. The zero-order valence-electron chi connectivity index (χ0n) is 32.2. The van der Waals surface area contributed by atoms with Gasteiger partial charge in [-0.15, -0.1) is 0 Å². The van der Waals surface area contributed by atoms with Crippen molar-refractivity contribution in [2.24, 2.45) is 0 Å². The molecule has 12 rings (SSSR count). The first-order valence-corrected chi connectivity index (χ1v) is 20.1. The highest BCUT2D eigenvalue weighted by atomic mass is 14.3. The minimum atomic E-state index is 0.760. The van der Waals surface area contributed by atoms with Crippen LogP contribution in [0, 0.1) is 25.2 Å². The van der Waals surface area contributed by atoms with Gasteiger partial charge in [-0.2, -0.15) is 5.26 Å². The van der Waals surface area contributed by atoms with Crippen molar-refractivity contribution < 1.29 is 0 Å². The summed E-state index contributed by atoms with van der Waals surface area (Å²) in [6.45, 7) is 4.06.